The smallest absolute Gasteiger partial charge is 0.346 e. The number of carbonyl (C=O) groups excluding carboxylic acids is 1. The van der Waals surface area contributed by atoms with Gasteiger partial charge in [0.25, 0.3) is 0 Å². The first-order chi connectivity index (χ1) is 6.65. The minimum absolute atomic E-state index is 0.241. The molecular formula is C9H12N2O3. The lowest BCUT2D eigenvalue weighted by Crippen LogP contribution is -2.25. The first-order valence-electron chi connectivity index (χ1n) is 4.10. The Kier molecular flexibility index (Phi) is 3.28. The SMILES string of the molecule is COC(=O)C(C)Oc1ncccc1N. The molecule has 1 aromatic rings. The van der Waals surface area contributed by atoms with E-state index >= 15 is 0 Å². The molecule has 0 bridgehead atoms. The number of ether oxygens (including phenoxy) is 2. The zero-order valence-corrected chi connectivity index (χ0v) is 8.06. The van der Waals surface area contributed by atoms with E-state index in [1.807, 2.05) is 0 Å². The molecule has 0 aromatic carbocycles. The molecule has 0 saturated carbocycles. The molecule has 5 heteroatoms. The zero-order chi connectivity index (χ0) is 10.6. The van der Waals surface area contributed by atoms with Gasteiger partial charge >= 0.3 is 5.97 Å². The summed E-state index contributed by atoms with van der Waals surface area (Å²) in [7, 11) is 1.30. The number of hydrogen-bond donors (Lipinski definition) is 1. The topological polar surface area (TPSA) is 74.4 Å². The molecule has 1 rings (SSSR count). The molecule has 2 N–H and O–H groups in total. The number of pyridine rings is 1. The Morgan fingerprint density at radius 2 is 2.36 bits per heavy atom. The Morgan fingerprint density at radius 3 is 2.93 bits per heavy atom. The van der Waals surface area contributed by atoms with Crippen molar-refractivity contribution in [2.45, 2.75) is 13.0 Å². The third kappa shape index (κ3) is 2.35. The van der Waals surface area contributed by atoms with Crippen LogP contribution in [0.3, 0.4) is 0 Å². The highest BCUT2D eigenvalue weighted by atomic mass is 16.6. The number of aromatic nitrogens is 1. The van der Waals surface area contributed by atoms with Crippen molar-refractivity contribution in [3.8, 4) is 5.88 Å². The largest absolute Gasteiger partial charge is 0.466 e. The van der Waals surface area contributed by atoms with Crippen LogP contribution in [0.15, 0.2) is 18.3 Å². The van der Waals surface area contributed by atoms with Gasteiger partial charge in [-0.3, -0.25) is 0 Å². The summed E-state index contributed by atoms with van der Waals surface area (Å²) in [4.78, 5) is 14.9. The van der Waals surface area contributed by atoms with E-state index in [9.17, 15) is 4.79 Å². The van der Waals surface area contributed by atoms with Crippen molar-refractivity contribution >= 4 is 11.7 Å². The molecule has 0 aliphatic carbocycles. The van der Waals surface area contributed by atoms with Crippen molar-refractivity contribution in [2.75, 3.05) is 12.8 Å². The summed E-state index contributed by atoms with van der Waals surface area (Å²) in [5, 5.41) is 0. The Hall–Kier alpha value is -1.78. The van der Waals surface area contributed by atoms with Gasteiger partial charge in [0.2, 0.25) is 5.88 Å². The predicted molar refractivity (Wildman–Crippen MR) is 50.8 cm³/mol. The summed E-state index contributed by atoms with van der Waals surface area (Å²) in [6, 6.07) is 3.33. The second kappa shape index (κ2) is 4.45. The average molecular weight is 196 g/mol. The minimum Gasteiger partial charge on any atom is -0.466 e. The summed E-state index contributed by atoms with van der Waals surface area (Å²) < 4.78 is 9.68. The molecule has 0 saturated heterocycles. The molecule has 0 aliphatic rings. The number of hydrogen-bond acceptors (Lipinski definition) is 5. The lowest BCUT2D eigenvalue weighted by atomic mass is 10.4. The molecule has 76 valence electrons. The van der Waals surface area contributed by atoms with Crippen LogP contribution >= 0.6 is 0 Å². The lowest BCUT2D eigenvalue weighted by Gasteiger charge is -2.12. The number of nitrogen functional groups attached to an aromatic ring is 1. The summed E-state index contributed by atoms with van der Waals surface area (Å²) in [6.45, 7) is 1.57. The van der Waals surface area contributed by atoms with E-state index in [0.717, 1.165) is 0 Å². The third-order valence-corrected chi connectivity index (χ3v) is 1.62. The van der Waals surface area contributed by atoms with E-state index in [1.54, 1.807) is 19.1 Å². The van der Waals surface area contributed by atoms with Gasteiger partial charge in [0, 0.05) is 6.20 Å². The standard InChI is InChI=1S/C9H12N2O3/c1-6(9(12)13-2)14-8-7(10)4-3-5-11-8/h3-6H,10H2,1-2H3. The monoisotopic (exact) mass is 196 g/mol. The molecule has 1 unspecified atom stereocenters. The van der Waals surface area contributed by atoms with Crippen molar-refractivity contribution in [1.29, 1.82) is 0 Å². The highest BCUT2D eigenvalue weighted by Crippen LogP contribution is 2.17. The van der Waals surface area contributed by atoms with E-state index < -0.39 is 12.1 Å². The second-order valence-corrected chi connectivity index (χ2v) is 2.68. The molecule has 0 amide bonds. The van der Waals surface area contributed by atoms with E-state index in [2.05, 4.69) is 9.72 Å². The third-order valence-electron chi connectivity index (χ3n) is 1.62. The number of nitrogens with two attached hydrogens (primary N) is 1. The van der Waals surface area contributed by atoms with Gasteiger partial charge in [-0.1, -0.05) is 0 Å². The van der Waals surface area contributed by atoms with Crippen LogP contribution in [0, 0.1) is 0 Å². The van der Waals surface area contributed by atoms with Gasteiger partial charge in [-0.15, -0.1) is 0 Å². The number of esters is 1. The maximum absolute atomic E-state index is 11.0. The minimum atomic E-state index is -0.711. The van der Waals surface area contributed by atoms with Crippen molar-refractivity contribution in [2.24, 2.45) is 0 Å². The van der Waals surface area contributed by atoms with Crippen molar-refractivity contribution in [3.05, 3.63) is 18.3 Å². The summed E-state index contributed by atoms with van der Waals surface area (Å²) >= 11 is 0. The molecule has 0 aliphatic heterocycles. The number of anilines is 1. The Balaban J connectivity index is 2.69. The molecule has 1 heterocycles. The van der Waals surface area contributed by atoms with E-state index in [-0.39, 0.29) is 5.88 Å². The number of nitrogens with zero attached hydrogens (tertiary/aromatic N) is 1. The van der Waals surface area contributed by atoms with Crippen LogP contribution in [0.2, 0.25) is 0 Å². The van der Waals surface area contributed by atoms with Crippen LogP contribution in [0.1, 0.15) is 6.92 Å². The Bertz CT molecular complexity index is 328. The average Bonchev–Trinajstić information content (AvgIpc) is 2.20. The van der Waals surface area contributed by atoms with Crippen LogP contribution in [0.4, 0.5) is 5.69 Å². The van der Waals surface area contributed by atoms with Gasteiger partial charge in [-0.2, -0.15) is 0 Å². The van der Waals surface area contributed by atoms with Gasteiger partial charge < -0.3 is 15.2 Å². The van der Waals surface area contributed by atoms with Crippen molar-refractivity contribution in [3.63, 3.8) is 0 Å². The summed E-state index contributed by atoms with van der Waals surface area (Å²) in [5.74, 6) is -0.222. The fraction of sp³-hybridized carbons (Fsp3) is 0.333. The molecule has 1 atom stereocenters. The number of rotatable bonds is 3. The maximum Gasteiger partial charge on any atom is 0.346 e. The van der Waals surface area contributed by atoms with Gasteiger partial charge in [0.1, 0.15) is 0 Å². The molecule has 5 nitrogen and oxygen atoms in total. The van der Waals surface area contributed by atoms with Crippen molar-refractivity contribution in [1.82, 2.24) is 4.98 Å². The summed E-state index contributed by atoms with van der Waals surface area (Å²) in [5.41, 5.74) is 5.96. The van der Waals surface area contributed by atoms with Gasteiger partial charge in [-0.25, -0.2) is 9.78 Å². The van der Waals surface area contributed by atoms with Gasteiger partial charge in [0.15, 0.2) is 6.10 Å². The first kappa shape index (κ1) is 10.3. The van der Waals surface area contributed by atoms with E-state index in [1.165, 1.54) is 13.3 Å². The van der Waals surface area contributed by atoms with Crippen LogP contribution in [-0.4, -0.2) is 24.2 Å². The van der Waals surface area contributed by atoms with Crippen LogP contribution in [0.5, 0.6) is 5.88 Å². The molecular weight excluding hydrogens is 184 g/mol. The number of methoxy groups -OCH3 is 1. The fourth-order valence-electron chi connectivity index (χ4n) is 0.883. The zero-order valence-electron chi connectivity index (χ0n) is 8.06. The molecule has 0 radical (unpaired) electrons. The van der Waals surface area contributed by atoms with Crippen LogP contribution in [0.25, 0.3) is 0 Å². The van der Waals surface area contributed by atoms with Crippen LogP contribution in [-0.2, 0) is 9.53 Å². The van der Waals surface area contributed by atoms with E-state index in [4.69, 9.17) is 10.5 Å². The molecule has 1 aromatic heterocycles. The van der Waals surface area contributed by atoms with Crippen LogP contribution < -0.4 is 10.5 Å². The fourth-order valence-corrected chi connectivity index (χ4v) is 0.883. The predicted octanol–water partition coefficient (Wildman–Crippen LogP) is 0.604. The molecule has 0 spiro atoms. The highest BCUT2D eigenvalue weighted by Gasteiger charge is 2.16. The molecule has 14 heavy (non-hydrogen) atoms. The van der Waals surface area contributed by atoms with Gasteiger partial charge in [0.05, 0.1) is 12.8 Å². The number of carbonyl (C=O) groups is 1. The summed E-state index contributed by atoms with van der Waals surface area (Å²) in [6.07, 6.45) is 0.826. The first-order valence-corrected chi connectivity index (χ1v) is 4.10. The quantitative estimate of drug-likeness (QED) is 0.716. The highest BCUT2D eigenvalue weighted by molar-refractivity contribution is 5.74. The Morgan fingerprint density at radius 1 is 1.64 bits per heavy atom. The maximum atomic E-state index is 11.0. The van der Waals surface area contributed by atoms with Crippen molar-refractivity contribution < 1.29 is 14.3 Å². The Labute approximate surface area is 81.8 Å². The second-order valence-electron chi connectivity index (χ2n) is 2.68. The van der Waals surface area contributed by atoms with E-state index in [0.29, 0.717) is 5.69 Å². The lowest BCUT2D eigenvalue weighted by molar-refractivity contribution is -0.148. The van der Waals surface area contributed by atoms with Gasteiger partial charge in [-0.05, 0) is 19.1 Å². The molecule has 0 fully saturated rings. The normalized spacial score (nSPS) is 11.9.